The monoisotopic (exact) mass is 431 g/mol. The number of aliphatic hydroxyl groups excluding tert-OH is 1. The van der Waals surface area contributed by atoms with Crippen molar-refractivity contribution in [2.24, 2.45) is 5.92 Å². The smallest absolute Gasteiger partial charge is 0.274 e. The largest absolute Gasteiger partial charge is 0.497 e. The number of carbonyl (C=O) groups excluding carboxylic acids is 2. The lowest BCUT2D eigenvalue weighted by molar-refractivity contribution is -0.0772. The highest BCUT2D eigenvalue weighted by Gasteiger charge is 2.67. The Bertz CT molecular complexity index is 1340. The van der Waals surface area contributed by atoms with E-state index in [2.05, 4.69) is 9.97 Å². The van der Waals surface area contributed by atoms with Gasteiger partial charge in [0, 0.05) is 53.5 Å². The van der Waals surface area contributed by atoms with Gasteiger partial charge in [0.2, 0.25) is 5.78 Å². The van der Waals surface area contributed by atoms with Gasteiger partial charge in [-0.15, -0.1) is 0 Å². The second-order valence-electron chi connectivity index (χ2n) is 8.57. The number of ketones is 1. The van der Waals surface area contributed by atoms with Crippen LogP contribution in [0.4, 0.5) is 0 Å². The Kier molecular flexibility index (Phi) is 3.91. The van der Waals surface area contributed by atoms with Gasteiger partial charge in [-0.1, -0.05) is 0 Å². The van der Waals surface area contributed by atoms with Gasteiger partial charge in [0.1, 0.15) is 17.1 Å². The first-order chi connectivity index (χ1) is 15.5. The average Bonchev–Trinajstić information content (AvgIpc) is 3.21. The van der Waals surface area contributed by atoms with Crippen LogP contribution in [0.5, 0.6) is 5.75 Å². The molecule has 3 atom stereocenters. The number of fused-ring (bicyclic) bond motifs is 2. The van der Waals surface area contributed by atoms with Crippen LogP contribution in [-0.2, 0) is 10.2 Å². The van der Waals surface area contributed by atoms with Crippen molar-refractivity contribution in [3.8, 4) is 5.75 Å². The number of allylic oxidation sites excluding steroid dienone is 2. The minimum Gasteiger partial charge on any atom is -0.497 e. The molecule has 3 aliphatic rings. The molecule has 32 heavy (non-hydrogen) atoms. The van der Waals surface area contributed by atoms with Gasteiger partial charge in [0.15, 0.2) is 6.29 Å². The van der Waals surface area contributed by atoms with Gasteiger partial charge >= 0.3 is 0 Å². The molecular formula is C24H21N3O5. The van der Waals surface area contributed by atoms with E-state index in [9.17, 15) is 14.7 Å². The second-order valence-corrected chi connectivity index (χ2v) is 8.57. The molecule has 0 bridgehead atoms. The molecule has 1 aliphatic heterocycles. The molecule has 2 N–H and O–H groups in total. The first-order valence-corrected chi connectivity index (χ1v) is 10.4. The molecule has 2 aromatic heterocycles. The Balaban J connectivity index is 1.39. The third-order valence-corrected chi connectivity index (χ3v) is 6.96. The molecule has 1 aromatic carbocycles. The van der Waals surface area contributed by atoms with E-state index >= 15 is 0 Å². The summed E-state index contributed by atoms with van der Waals surface area (Å²) in [5, 5.41) is 11.0. The van der Waals surface area contributed by atoms with E-state index in [0.717, 1.165) is 28.6 Å². The van der Waals surface area contributed by atoms with E-state index in [1.165, 1.54) is 13.3 Å². The number of H-pyrrole nitrogens is 1. The van der Waals surface area contributed by atoms with E-state index in [0.29, 0.717) is 29.2 Å². The lowest BCUT2D eigenvalue weighted by Crippen LogP contribution is -2.34. The maximum atomic E-state index is 13.5. The highest BCUT2D eigenvalue weighted by Crippen LogP contribution is 2.66. The lowest BCUT2D eigenvalue weighted by Gasteiger charge is -2.29. The van der Waals surface area contributed by atoms with Gasteiger partial charge in [0.25, 0.3) is 5.91 Å². The van der Waals surface area contributed by atoms with Gasteiger partial charge in [-0.25, -0.2) is 0 Å². The molecule has 3 heterocycles. The Labute approximate surface area is 183 Å². The van der Waals surface area contributed by atoms with Crippen molar-refractivity contribution in [3.05, 3.63) is 70.8 Å². The summed E-state index contributed by atoms with van der Waals surface area (Å²) >= 11 is 0. The Morgan fingerprint density at radius 2 is 2.16 bits per heavy atom. The Morgan fingerprint density at radius 1 is 1.31 bits per heavy atom. The van der Waals surface area contributed by atoms with E-state index in [1.54, 1.807) is 24.2 Å². The minimum atomic E-state index is -1.12. The topological polar surface area (TPSA) is 105 Å². The number of likely N-dealkylation sites (tertiary alicyclic amines) is 1. The number of rotatable bonds is 4. The molecule has 8 heteroatoms. The number of aliphatic hydroxyl groups is 1. The maximum Gasteiger partial charge on any atom is 0.274 e. The molecule has 8 nitrogen and oxygen atoms in total. The zero-order valence-corrected chi connectivity index (χ0v) is 17.6. The van der Waals surface area contributed by atoms with Crippen molar-refractivity contribution in [1.82, 2.24) is 14.9 Å². The number of hydrogen-bond acceptors (Lipinski definition) is 6. The molecule has 2 aliphatic carbocycles. The fourth-order valence-electron chi connectivity index (χ4n) is 5.27. The number of benzene rings is 1. The molecule has 1 unspecified atom stereocenters. The van der Waals surface area contributed by atoms with Crippen LogP contribution >= 0.6 is 0 Å². The third kappa shape index (κ3) is 2.47. The van der Waals surface area contributed by atoms with Gasteiger partial charge in [-0.05, 0) is 48.2 Å². The van der Waals surface area contributed by atoms with Crippen LogP contribution in [0.1, 0.15) is 44.8 Å². The van der Waals surface area contributed by atoms with Crippen LogP contribution in [-0.4, -0.2) is 52.4 Å². The number of pyridine rings is 1. The quantitative estimate of drug-likeness (QED) is 0.616. The van der Waals surface area contributed by atoms with E-state index in [1.807, 2.05) is 24.3 Å². The summed E-state index contributed by atoms with van der Waals surface area (Å²) in [7, 11) is 3.01. The molecule has 162 valence electrons. The number of methoxy groups -OCH3 is 2. The van der Waals surface area contributed by atoms with Crippen molar-refractivity contribution in [3.63, 3.8) is 0 Å². The van der Waals surface area contributed by atoms with Crippen molar-refractivity contribution in [1.29, 1.82) is 0 Å². The predicted octanol–water partition coefficient (Wildman–Crippen LogP) is 2.70. The van der Waals surface area contributed by atoms with Crippen LogP contribution in [0, 0.1) is 5.92 Å². The zero-order chi connectivity index (χ0) is 22.2. The summed E-state index contributed by atoms with van der Waals surface area (Å²) in [6.07, 6.45) is 2.75. The summed E-state index contributed by atoms with van der Waals surface area (Å²) in [5.74, 6) is 0.530. The Hall–Kier alpha value is -3.49. The lowest BCUT2D eigenvalue weighted by atomic mass is 9.83. The standard InChI is InChI=1S/C24H21N3O5/c1-31-15-3-4-17-12(5-15)7-18(26-17)22(29)27-11-14-9-24(14)16-6-13(23(30)32-2)10-25-21(16)19(28)8-20(24)27/h3-8,10,14,23,26,30H,9,11H2,1-2H3/t14-,23?,24-/m1/s1. The summed E-state index contributed by atoms with van der Waals surface area (Å²) in [5.41, 5.74) is 3.26. The van der Waals surface area contributed by atoms with Crippen LogP contribution in [0.25, 0.3) is 10.9 Å². The molecular weight excluding hydrogens is 410 g/mol. The first-order valence-electron chi connectivity index (χ1n) is 10.4. The molecule has 1 saturated heterocycles. The fraction of sp³-hybridized carbons (Fsp3) is 0.292. The summed E-state index contributed by atoms with van der Waals surface area (Å²) in [4.78, 5) is 35.5. The highest BCUT2D eigenvalue weighted by atomic mass is 16.6. The van der Waals surface area contributed by atoms with Crippen LogP contribution in [0.2, 0.25) is 0 Å². The molecule has 1 amide bonds. The van der Waals surface area contributed by atoms with E-state index < -0.39 is 11.7 Å². The van der Waals surface area contributed by atoms with Crippen LogP contribution in [0.3, 0.4) is 0 Å². The van der Waals surface area contributed by atoms with E-state index in [-0.39, 0.29) is 17.6 Å². The molecule has 3 aromatic rings. The highest BCUT2D eigenvalue weighted by molar-refractivity contribution is 6.09. The SMILES string of the molecule is COc1ccc2[nH]c(C(=O)N3C[C@H]4C[C@@]45C3=CC(=O)c3ncc(C(O)OC)cc35)cc2c1. The molecule has 1 saturated carbocycles. The molecule has 1 spiro atoms. The molecule has 6 rings (SSSR count). The number of piperidine rings is 1. The molecule has 2 fully saturated rings. The van der Waals surface area contributed by atoms with Crippen molar-refractivity contribution in [2.45, 2.75) is 18.1 Å². The molecule has 0 radical (unpaired) electrons. The number of amides is 1. The van der Waals surface area contributed by atoms with Gasteiger partial charge in [-0.3, -0.25) is 14.6 Å². The van der Waals surface area contributed by atoms with Gasteiger partial charge < -0.3 is 24.5 Å². The minimum absolute atomic E-state index is 0.171. The zero-order valence-electron chi connectivity index (χ0n) is 17.6. The summed E-state index contributed by atoms with van der Waals surface area (Å²) < 4.78 is 10.3. The normalized spacial score (nSPS) is 24.0. The average molecular weight is 431 g/mol. The van der Waals surface area contributed by atoms with E-state index in [4.69, 9.17) is 9.47 Å². The van der Waals surface area contributed by atoms with Crippen molar-refractivity contribution < 1.29 is 24.2 Å². The number of carbonyl (C=O) groups is 2. The van der Waals surface area contributed by atoms with Crippen molar-refractivity contribution >= 4 is 22.6 Å². The maximum absolute atomic E-state index is 13.5. The fourth-order valence-corrected chi connectivity index (χ4v) is 5.27. The van der Waals surface area contributed by atoms with Gasteiger partial charge in [0.05, 0.1) is 7.11 Å². The van der Waals surface area contributed by atoms with Crippen LogP contribution in [0.15, 0.2) is 48.3 Å². The second kappa shape index (κ2) is 6.51. The number of aromatic nitrogens is 2. The van der Waals surface area contributed by atoms with Gasteiger partial charge in [-0.2, -0.15) is 0 Å². The van der Waals surface area contributed by atoms with Crippen LogP contribution < -0.4 is 4.74 Å². The number of hydrogen-bond donors (Lipinski definition) is 2. The number of ether oxygens (including phenoxy) is 2. The summed E-state index contributed by atoms with van der Waals surface area (Å²) in [6.45, 7) is 0.535. The Morgan fingerprint density at radius 3 is 2.94 bits per heavy atom. The first kappa shape index (κ1) is 19.2. The van der Waals surface area contributed by atoms with Crippen molar-refractivity contribution in [2.75, 3.05) is 20.8 Å². The number of nitrogens with one attached hydrogen (secondary N) is 1. The summed E-state index contributed by atoms with van der Waals surface area (Å²) in [6, 6.07) is 9.20. The third-order valence-electron chi connectivity index (χ3n) is 6.96. The number of aromatic amines is 1. The number of nitrogens with zero attached hydrogens (tertiary/aromatic N) is 2. The predicted molar refractivity (Wildman–Crippen MR) is 114 cm³/mol.